The van der Waals surface area contributed by atoms with Crippen molar-refractivity contribution in [2.45, 2.75) is 19.4 Å². The molecule has 2 aromatic heterocycles. The highest BCUT2D eigenvalue weighted by Crippen LogP contribution is 2.13. The van der Waals surface area contributed by atoms with Crippen LogP contribution < -0.4 is 5.32 Å². The van der Waals surface area contributed by atoms with Crippen LogP contribution in [0.15, 0.2) is 67.5 Å². The second kappa shape index (κ2) is 7.35. The van der Waals surface area contributed by atoms with Crippen LogP contribution >= 0.6 is 0 Å². The van der Waals surface area contributed by atoms with Gasteiger partial charge in [0.15, 0.2) is 0 Å². The number of rotatable bonds is 6. The second-order valence-electron chi connectivity index (χ2n) is 5.34. The average Bonchev–Trinajstić information content (AvgIpc) is 3.07. The van der Waals surface area contributed by atoms with Crippen molar-refractivity contribution in [3.8, 4) is 0 Å². The van der Waals surface area contributed by atoms with Crippen molar-refractivity contribution in [2.75, 3.05) is 5.32 Å². The van der Waals surface area contributed by atoms with Crippen molar-refractivity contribution in [3.63, 3.8) is 0 Å². The molecule has 1 aromatic carbocycles. The Hall–Kier alpha value is -2.95. The summed E-state index contributed by atoms with van der Waals surface area (Å²) in [4.78, 5) is 20.2. The van der Waals surface area contributed by atoms with Crippen LogP contribution in [0.2, 0.25) is 0 Å². The first-order valence-corrected chi connectivity index (χ1v) is 7.53. The van der Waals surface area contributed by atoms with Gasteiger partial charge in [0.1, 0.15) is 0 Å². The number of amides is 1. The monoisotopic (exact) mass is 306 g/mol. The summed E-state index contributed by atoms with van der Waals surface area (Å²) in [5.74, 6) is 0.00799. The van der Waals surface area contributed by atoms with E-state index in [1.54, 1.807) is 24.9 Å². The molecule has 0 aliphatic rings. The molecule has 0 atom stereocenters. The van der Waals surface area contributed by atoms with Crippen LogP contribution in [0, 0.1) is 0 Å². The number of benzene rings is 1. The van der Waals surface area contributed by atoms with E-state index in [9.17, 15) is 4.79 Å². The van der Waals surface area contributed by atoms with E-state index in [1.807, 2.05) is 47.2 Å². The first-order valence-electron chi connectivity index (χ1n) is 7.53. The summed E-state index contributed by atoms with van der Waals surface area (Å²) in [5.41, 5.74) is 3.00. The first-order chi connectivity index (χ1) is 11.3. The van der Waals surface area contributed by atoms with Crippen LogP contribution in [0.1, 0.15) is 17.5 Å². The van der Waals surface area contributed by atoms with Gasteiger partial charge in [0.2, 0.25) is 5.91 Å². The molecule has 5 heteroatoms. The maximum Gasteiger partial charge on any atom is 0.224 e. The lowest BCUT2D eigenvalue weighted by atomic mass is 10.1. The number of nitrogens with one attached hydrogen (secondary N) is 1. The Labute approximate surface area is 135 Å². The van der Waals surface area contributed by atoms with Crippen molar-refractivity contribution in [1.29, 1.82) is 0 Å². The molecule has 116 valence electrons. The molecule has 1 amide bonds. The van der Waals surface area contributed by atoms with Crippen molar-refractivity contribution in [1.82, 2.24) is 14.5 Å². The van der Waals surface area contributed by atoms with E-state index >= 15 is 0 Å². The summed E-state index contributed by atoms with van der Waals surface area (Å²) < 4.78 is 1.99. The number of carbonyl (C=O) groups is 1. The summed E-state index contributed by atoms with van der Waals surface area (Å²) in [6.07, 6.45) is 10.1. The third-order valence-electron chi connectivity index (χ3n) is 3.50. The summed E-state index contributed by atoms with van der Waals surface area (Å²) in [7, 11) is 0. The number of hydrogen-bond donors (Lipinski definition) is 1. The van der Waals surface area contributed by atoms with Gasteiger partial charge in [-0.2, -0.15) is 0 Å². The summed E-state index contributed by atoms with van der Waals surface area (Å²) in [6.45, 7) is 0.736. The van der Waals surface area contributed by atoms with Crippen molar-refractivity contribution in [2.24, 2.45) is 0 Å². The Morgan fingerprint density at radius 1 is 1.09 bits per heavy atom. The smallest absolute Gasteiger partial charge is 0.224 e. The normalized spacial score (nSPS) is 10.4. The van der Waals surface area contributed by atoms with Gasteiger partial charge in [-0.25, -0.2) is 4.98 Å². The highest BCUT2D eigenvalue weighted by atomic mass is 16.1. The Kier molecular flexibility index (Phi) is 4.79. The Bertz CT molecular complexity index is 754. The third kappa shape index (κ3) is 4.51. The van der Waals surface area contributed by atoms with Gasteiger partial charge in [-0.05, 0) is 35.7 Å². The van der Waals surface area contributed by atoms with Gasteiger partial charge in [0.25, 0.3) is 0 Å². The number of aryl methyl sites for hydroxylation is 1. The zero-order chi connectivity index (χ0) is 15.9. The minimum atomic E-state index is 0.00799. The maximum atomic E-state index is 12.1. The van der Waals surface area contributed by atoms with Crippen LogP contribution in [0.25, 0.3) is 0 Å². The van der Waals surface area contributed by atoms with E-state index in [2.05, 4.69) is 15.3 Å². The lowest BCUT2D eigenvalue weighted by Crippen LogP contribution is -2.12. The highest BCUT2D eigenvalue weighted by molar-refractivity contribution is 5.90. The molecule has 0 saturated heterocycles. The minimum Gasteiger partial charge on any atom is -0.333 e. The molecule has 3 aromatic rings. The quantitative estimate of drug-likeness (QED) is 0.762. The zero-order valence-electron chi connectivity index (χ0n) is 12.7. The van der Waals surface area contributed by atoms with Crippen LogP contribution in [-0.2, 0) is 17.8 Å². The molecule has 0 aliphatic carbocycles. The van der Waals surface area contributed by atoms with Gasteiger partial charge < -0.3 is 9.88 Å². The van der Waals surface area contributed by atoms with Crippen LogP contribution in [-0.4, -0.2) is 20.4 Å². The third-order valence-corrected chi connectivity index (χ3v) is 3.50. The number of imidazole rings is 1. The number of carbonyl (C=O) groups excluding carboxylic acids is 1. The van der Waals surface area contributed by atoms with Gasteiger partial charge >= 0.3 is 0 Å². The molecule has 3 rings (SSSR count). The van der Waals surface area contributed by atoms with Gasteiger partial charge in [-0.3, -0.25) is 9.78 Å². The van der Waals surface area contributed by atoms with E-state index in [0.717, 1.165) is 23.4 Å². The number of anilines is 1. The molecular formula is C18H18N4O. The number of nitrogens with zero attached hydrogens (tertiary/aromatic N) is 3. The Balaban J connectivity index is 1.56. The molecule has 2 heterocycles. The second-order valence-corrected chi connectivity index (χ2v) is 5.34. The molecule has 0 fully saturated rings. The lowest BCUT2D eigenvalue weighted by Gasteiger charge is -2.08. The molecular weight excluding hydrogens is 288 g/mol. The van der Waals surface area contributed by atoms with E-state index in [4.69, 9.17) is 0 Å². The molecule has 0 radical (unpaired) electrons. The Morgan fingerprint density at radius 3 is 2.78 bits per heavy atom. The summed E-state index contributed by atoms with van der Waals surface area (Å²) in [6, 6.07) is 11.7. The van der Waals surface area contributed by atoms with Gasteiger partial charge in [-0.1, -0.05) is 18.2 Å². The molecule has 0 saturated carbocycles. The van der Waals surface area contributed by atoms with Crippen molar-refractivity contribution < 1.29 is 4.79 Å². The lowest BCUT2D eigenvalue weighted by molar-refractivity contribution is -0.116. The summed E-state index contributed by atoms with van der Waals surface area (Å²) >= 11 is 0. The topological polar surface area (TPSA) is 59.8 Å². The van der Waals surface area contributed by atoms with E-state index in [1.165, 1.54) is 0 Å². The fourth-order valence-corrected chi connectivity index (χ4v) is 2.37. The number of aromatic nitrogens is 3. The minimum absolute atomic E-state index is 0.00799. The standard InChI is InChI=1S/C18H18N4O/c23-18(7-6-15-4-2-8-19-12-15)21-17-5-1-3-16(11-17)13-22-10-9-20-14-22/h1-5,8-12,14H,6-7,13H2,(H,21,23). The van der Waals surface area contributed by atoms with Gasteiger partial charge in [0.05, 0.1) is 6.33 Å². The van der Waals surface area contributed by atoms with E-state index < -0.39 is 0 Å². The summed E-state index contributed by atoms with van der Waals surface area (Å²) in [5, 5.41) is 2.95. The zero-order valence-corrected chi connectivity index (χ0v) is 12.7. The number of pyridine rings is 1. The molecule has 0 aliphatic heterocycles. The molecule has 5 nitrogen and oxygen atoms in total. The maximum absolute atomic E-state index is 12.1. The van der Waals surface area contributed by atoms with Crippen molar-refractivity contribution in [3.05, 3.63) is 78.6 Å². The average molecular weight is 306 g/mol. The van der Waals surface area contributed by atoms with E-state index in [0.29, 0.717) is 12.8 Å². The van der Waals surface area contributed by atoms with Gasteiger partial charge in [0, 0.05) is 43.4 Å². The van der Waals surface area contributed by atoms with E-state index in [-0.39, 0.29) is 5.91 Å². The number of hydrogen-bond acceptors (Lipinski definition) is 3. The SMILES string of the molecule is O=C(CCc1cccnc1)Nc1cccc(Cn2ccnc2)c1. The Morgan fingerprint density at radius 2 is 2.00 bits per heavy atom. The predicted octanol–water partition coefficient (Wildman–Crippen LogP) is 2.90. The van der Waals surface area contributed by atoms with Crippen LogP contribution in [0.5, 0.6) is 0 Å². The fourth-order valence-electron chi connectivity index (χ4n) is 2.37. The molecule has 0 bridgehead atoms. The largest absolute Gasteiger partial charge is 0.333 e. The first kappa shape index (κ1) is 15.0. The van der Waals surface area contributed by atoms with Crippen LogP contribution in [0.4, 0.5) is 5.69 Å². The molecule has 0 spiro atoms. The molecule has 0 unspecified atom stereocenters. The van der Waals surface area contributed by atoms with Crippen LogP contribution in [0.3, 0.4) is 0 Å². The highest BCUT2D eigenvalue weighted by Gasteiger charge is 2.04. The fraction of sp³-hybridized carbons (Fsp3) is 0.167. The molecule has 23 heavy (non-hydrogen) atoms. The predicted molar refractivity (Wildman–Crippen MR) is 89.0 cm³/mol. The van der Waals surface area contributed by atoms with Gasteiger partial charge in [-0.15, -0.1) is 0 Å². The molecule has 1 N–H and O–H groups in total. The van der Waals surface area contributed by atoms with Crippen molar-refractivity contribution >= 4 is 11.6 Å².